The van der Waals surface area contributed by atoms with Gasteiger partial charge in [0.15, 0.2) is 0 Å². The van der Waals surface area contributed by atoms with Crippen LogP contribution in [0.25, 0.3) is 72.0 Å². The summed E-state index contributed by atoms with van der Waals surface area (Å²) in [6.07, 6.45) is 0. The Hall–Kier alpha value is -7.88. The Morgan fingerprint density at radius 2 is 1.00 bits per heavy atom. The van der Waals surface area contributed by atoms with Gasteiger partial charge in [-0.1, -0.05) is 152 Å². The number of benzene rings is 9. The molecule has 0 saturated heterocycles. The predicted molar refractivity (Wildman–Crippen MR) is 247 cm³/mol. The van der Waals surface area contributed by atoms with Gasteiger partial charge in [-0.3, -0.25) is 0 Å². The Kier molecular flexibility index (Phi) is 6.93. The largest absolute Gasteiger partial charge is 0.456 e. The van der Waals surface area contributed by atoms with E-state index in [0.717, 1.165) is 45.0 Å². The van der Waals surface area contributed by atoms with Crippen LogP contribution in [0.4, 0.5) is 17.1 Å². The van der Waals surface area contributed by atoms with Gasteiger partial charge in [0, 0.05) is 49.9 Å². The summed E-state index contributed by atoms with van der Waals surface area (Å²) < 4.78 is 9.31. The van der Waals surface area contributed by atoms with Crippen molar-refractivity contribution < 1.29 is 4.42 Å². The first kappa shape index (κ1) is 33.1. The third kappa shape index (κ3) is 4.44. The number of anilines is 3. The first-order chi connectivity index (χ1) is 29.8. The summed E-state index contributed by atoms with van der Waals surface area (Å²) >= 11 is 0. The van der Waals surface area contributed by atoms with Crippen molar-refractivity contribution in [1.82, 2.24) is 4.57 Å². The van der Waals surface area contributed by atoms with Crippen molar-refractivity contribution in [3.63, 3.8) is 0 Å². The third-order valence-corrected chi connectivity index (χ3v) is 13.0. The van der Waals surface area contributed by atoms with Crippen LogP contribution in [0, 0.1) is 0 Å². The van der Waals surface area contributed by atoms with Crippen LogP contribution < -0.4 is 4.90 Å². The monoisotopic (exact) mass is 764 g/mol. The van der Waals surface area contributed by atoms with Crippen LogP contribution in [0.15, 0.2) is 223 Å². The lowest BCUT2D eigenvalue weighted by Gasteiger charge is -2.31. The van der Waals surface area contributed by atoms with Crippen LogP contribution >= 0.6 is 0 Å². The minimum Gasteiger partial charge on any atom is -0.456 e. The van der Waals surface area contributed by atoms with Crippen molar-refractivity contribution in [1.29, 1.82) is 0 Å². The number of furan rings is 1. The number of para-hydroxylation sites is 5. The first-order valence-corrected chi connectivity index (χ1v) is 20.7. The van der Waals surface area contributed by atoms with Crippen molar-refractivity contribution >= 4 is 49.8 Å². The number of aromatic nitrogens is 1. The smallest absolute Gasteiger partial charge is 0.140 e. The van der Waals surface area contributed by atoms with Crippen molar-refractivity contribution in [2.45, 2.75) is 5.41 Å². The summed E-state index contributed by atoms with van der Waals surface area (Å²) in [6.45, 7) is 0. The Balaban J connectivity index is 1.05. The van der Waals surface area contributed by atoms with Crippen LogP contribution in [0.3, 0.4) is 0 Å². The molecule has 13 rings (SSSR count). The molecule has 2 heterocycles. The SMILES string of the molecule is c1ccc(N(c2ccccc2)c2cccc3c2-c2ccccc2C32c3cc(-c4ccc(-n5c6ccccc6c6ccccc65)cc4)ccc3-c3oc4ccccc4c32)cc1. The Bertz CT molecular complexity index is 3390. The fourth-order valence-electron chi connectivity index (χ4n) is 10.6. The van der Waals surface area contributed by atoms with Gasteiger partial charge in [0.1, 0.15) is 11.3 Å². The van der Waals surface area contributed by atoms with E-state index in [-0.39, 0.29) is 0 Å². The van der Waals surface area contributed by atoms with Crippen molar-refractivity contribution in [2.24, 2.45) is 0 Å². The van der Waals surface area contributed by atoms with Gasteiger partial charge in [0.05, 0.1) is 22.1 Å². The zero-order valence-electron chi connectivity index (χ0n) is 32.6. The van der Waals surface area contributed by atoms with Gasteiger partial charge in [0.2, 0.25) is 0 Å². The second-order valence-corrected chi connectivity index (χ2v) is 16.0. The molecule has 3 nitrogen and oxygen atoms in total. The Morgan fingerprint density at radius 1 is 0.417 bits per heavy atom. The molecule has 1 unspecified atom stereocenters. The highest BCUT2D eigenvalue weighted by molar-refractivity contribution is 6.09. The number of hydrogen-bond donors (Lipinski definition) is 0. The molecule has 0 amide bonds. The zero-order valence-corrected chi connectivity index (χ0v) is 32.6. The van der Waals surface area contributed by atoms with Crippen LogP contribution in [-0.2, 0) is 5.41 Å². The van der Waals surface area contributed by atoms with E-state index >= 15 is 0 Å². The van der Waals surface area contributed by atoms with E-state index < -0.39 is 5.41 Å². The summed E-state index contributed by atoms with van der Waals surface area (Å²) in [5, 5.41) is 3.68. The van der Waals surface area contributed by atoms with Gasteiger partial charge in [-0.25, -0.2) is 0 Å². The molecule has 9 aromatic carbocycles. The molecule has 60 heavy (non-hydrogen) atoms. The number of hydrogen-bond acceptors (Lipinski definition) is 2. The normalized spacial score (nSPS) is 14.7. The van der Waals surface area contributed by atoms with Crippen molar-refractivity contribution in [3.05, 3.63) is 241 Å². The minimum absolute atomic E-state index is 0.614. The van der Waals surface area contributed by atoms with Gasteiger partial charge in [-0.05, 0) is 100 Å². The highest BCUT2D eigenvalue weighted by Crippen LogP contribution is 2.66. The predicted octanol–water partition coefficient (Wildman–Crippen LogP) is 15.0. The molecule has 0 radical (unpaired) electrons. The minimum atomic E-state index is -0.614. The van der Waals surface area contributed by atoms with E-state index in [0.29, 0.717) is 0 Å². The molecule has 0 saturated carbocycles. The highest BCUT2D eigenvalue weighted by Gasteiger charge is 2.55. The molecular formula is C57H36N2O. The second kappa shape index (κ2) is 12.6. The highest BCUT2D eigenvalue weighted by atomic mass is 16.3. The summed E-state index contributed by atoms with van der Waals surface area (Å²) in [5.41, 5.74) is 18.2. The maximum absolute atomic E-state index is 6.93. The molecule has 0 aliphatic heterocycles. The second-order valence-electron chi connectivity index (χ2n) is 16.0. The van der Waals surface area contributed by atoms with Crippen LogP contribution in [0.5, 0.6) is 0 Å². The molecule has 0 N–H and O–H groups in total. The van der Waals surface area contributed by atoms with Crippen LogP contribution in [0.1, 0.15) is 22.3 Å². The summed E-state index contributed by atoms with van der Waals surface area (Å²) in [6, 6.07) is 79.5. The molecule has 11 aromatic rings. The first-order valence-electron chi connectivity index (χ1n) is 20.7. The van der Waals surface area contributed by atoms with E-state index in [2.05, 4.69) is 228 Å². The van der Waals surface area contributed by atoms with E-state index in [1.54, 1.807) is 0 Å². The van der Waals surface area contributed by atoms with Gasteiger partial charge in [0.25, 0.3) is 0 Å². The van der Waals surface area contributed by atoms with E-state index in [1.807, 2.05) is 0 Å². The Morgan fingerprint density at radius 3 is 1.72 bits per heavy atom. The van der Waals surface area contributed by atoms with Crippen molar-refractivity contribution in [2.75, 3.05) is 4.90 Å². The summed E-state index contributed by atoms with van der Waals surface area (Å²) in [7, 11) is 0. The average Bonchev–Trinajstić information content (AvgIpc) is 4.03. The molecule has 1 spiro atoms. The molecule has 0 bridgehead atoms. The lowest BCUT2D eigenvalue weighted by molar-refractivity contribution is 0.628. The quantitative estimate of drug-likeness (QED) is 0.174. The number of rotatable bonds is 5. The molecule has 1 atom stereocenters. The molecular weight excluding hydrogens is 729 g/mol. The van der Waals surface area contributed by atoms with Gasteiger partial charge in [-0.2, -0.15) is 0 Å². The van der Waals surface area contributed by atoms with E-state index in [1.165, 1.54) is 66.3 Å². The van der Waals surface area contributed by atoms with Gasteiger partial charge in [-0.15, -0.1) is 0 Å². The standard InChI is InChI=1S/C57H36N2O/c1-3-16-39(17-4-1)58(40-18-5-2-6-19-40)52-28-15-25-48-54(52)44-22-7-11-24-47(44)57(48)49-36-38(32-35-45(49)56-55(57)46-23-10-14-29-53(46)60-56)37-30-33-41(34-31-37)59-50-26-12-8-20-42(50)43-21-9-13-27-51(43)59/h1-36H. The van der Waals surface area contributed by atoms with Crippen molar-refractivity contribution in [3.8, 4) is 39.3 Å². The van der Waals surface area contributed by atoms with E-state index in [4.69, 9.17) is 4.42 Å². The van der Waals surface area contributed by atoms with Gasteiger partial charge >= 0.3 is 0 Å². The van der Waals surface area contributed by atoms with Crippen LogP contribution in [0.2, 0.25) is 0 Å². The molecule has 2 aliphatic carbocycles. The summed E-state index contributed by atoms with van der Waals surface area (Å²) in [4.78, 5) is 2.41. The molecule has 280 valence electrons. The van der Waals surface area contributed by atoms with Gasteiger partial charge < -0.3 is 13.9 Å². The maximum atomic E-state index is 6.93. The average molecular weight is 765 g/mol. The zero-order chi connectivity index (χ0) is 39.4. The molecule has 2 aliphatic rings. The topological polar surface area (TPSA) is 21.3 Å². The maximum Gasteiger partial charge on any atom is 0.140 e. The number of fused-ring (bicyclic) bond motifs is 15. The van der Waals surface area contributed by atoms with Crippen LogP contribution in [-0.4, -0.2) is 4.57 Å². The van der Waals surface area contributed by atoms with E-state index in [9.17, 15) is 0 Å². The lowest BCUT2D eigenvalue weighted by Crippen LogP contribution is -2.26. The number of nitrogens with zero attached hydrogens (tertiary/aromatic N) is 2. The summed E-state index contributed by atoms with van der Waals surface area (Å²) in [5.74, 6) is 0.954. The molecule has 0 fully saturated rings. The fraction of sp³-hybridized carbons (Fsp3) is 0.0175. The molecule has 3 heteroatoms. The molecule has 2 aromatic heterocycles. The lowest BCUT2D eigenvalue weighted by atomic mass is 9.69. The third-order valence-electron chi connectivity index (χ3n) is 13.0. The Labute approximate surface area is 347 Å². The fourth-order valence-corrected chi connectivity index (χ4v) is 10.6.